The fraction of sp³-hybridized carbons (Fsp3) is 0.0714. The molecule has 3 rings (SSSR count). The van der Waals surface area contributed by atoms with Gasteiger partial charge in [-0.15, -0.1) is 11.3 Å². The highest BCUT2D eigenvalue weighted by Gasteiger charge is 2.15. The van der Waals surface area contributed by atoms with E-state index in [2.05, 4.69) is 5.10 Å². The quantitative estimate of drug-likeness (QED) is 0.699. The van der Waals surface area contributed by atoms with E-state index in [1.807, 2.05) is 24.3 Å². The third-order valence-electron chi connectivity index (χ3n) is 2.96. The van der Waals surface area contributed by atoms with Crippen LogP contribution in [0.15, 0.2) is 36.5 Å². The molecule has 0 spiro atoms. The summed E-state index contributed by atoms with van der Waals surface area (Å²) in [5.41, 5.74) is 9.10. The lowest BCUT2D eigenvalue weighted by atomic mass is 10.2. The van der Waals surface area contributed by atoms with Gasteiger partial charge >= 0.3 is 0 Å². The molecule has 2 N–H and O–H groups in total. The lowest BCUT2D eigenvalue weighted by molar-refractivity contribution is 0.689. The van der Waals surface area contributed by atoms with Crippen molar-refractivity contribution in [3.05, 3.63) is 55.8 Å². The summed E-state index contributed by atoms with van der Waals surface area (Å²) >= 11 is 19.3. The van der Waals surface area contributed by atoms with Gasteiger partial charge in [0.2, 0.25) is 0 Å². The summed E-state index contributed by atoms with van der Waals surface area (Å²) in [4.78, 5) is 0. The summed E-state index contributed by atoms with van der Waals surface area (Å²) < 4.78 is 2.97. The second-order valence-corrected chi connectivity index (χ2v) is 7.22. The van der Waals surface area contributed by atoms with Crippen LogP contribution in [0.3, 0.4) is 0 Å². The first kappa shape index (κ1) is 14.7. The van der Waals surface area contributed by atoms with Crippen molar-refractivity contribution in [3.8, 4) is 11.3 Å². The Morgan fingerprint density at radius 2 is 1.86 bits per heavy atom. The average Bonchev–Trinajstić information content (AvgIpc) is 2.95. The van der Waals surface area contributed by atoms with E-state index in [9.17, 15) is 0 Å². The summed E-state index contributed by atoms with van der Waals surface area (Å²) in [5.74, 6) is 0. The van der Waals surface area contributed by atoms with Crippen LogP contribution in [0.2, 0.25) is 13.7 Å². The van der Waals surface area contributed by atoms with Gasteiger partial charge in [0.1, 0.15) is 10.0 Å². The second-order valence-electron chi connectivity index (χ2n) is 4.49. The maximum absolute atomic E-state index is 6.15. The van der Waals surface area contributed by atoms with Crippen molar-refractivity contribution in [3.63, 3.8) is 0 Å². The number of nitrogen functional groups attached to an aromatic ring is 1. The SMILES string of the molecule is Nc1cn(Cc2ccc(Cl)cc2)nc1-c1cc(Cl)sc1Cl. The van der Waals surface area contributed by atoms with E-state index < -0.39 is 0 Å². The third-order valence-corrected chi connectivity index (χ3v) is 4.70. The molecule has 0 atom stereocenters. The Balaban J connectivity index is 1.91. The molecule has 0 aliphatic carbocycles. The van der Waals surface area contributed by atoms with Crippen LogP contribution < -0.4 is 5.73 Å². The van der Waals surface area contributed by atoms with Gasteiger partial charge < -0.3 is 5.73 Å². The molecule has 2 aromatic heterocycles. The van der Waals surface area contributed by atoms with Gasteiger partial charge in [-0.05, 0) is 23.8 Å². The highest BCUT2D eigenvalue weighted by molar-refractivity contribution is 7.20. The molecule has 0 fully saturated rings. The minimum absolute atomic E-state index is 0.570. The molecule has 0 bridgehead atoms. The average molecular weight is 359 g/mol. The molecule has 0 aliphatic heterocycles. The summed E-state index contributed by atoms with van der Waals surface area (Å²) in [6.45, 7) is 0.608. The van der Waals surface area contributed by atoms with Gasteiger partial charge in [-0.3, -0.25) is 4.68 Å². The summed E-state index contributed by atoms with van der Waals surface area (Å²) in [7, 11) is 0. The number of halogens is 3. The van der Waals surface area contributed by atoms with Gasteiger partial charge in [0, 0.05) is 16.8 Å². The van der Waals surface area contributed by atoms with Crippen molar-refractivity contribution in [2.45, 2.75) is 6.54 Å². The van der Waals surface area contributed by atoms with Crippen molar-refractivity contribution >= 4 is 51.8 Å². The minimum Gasteiger partial charge on any atom is -0.396 e. The molecule has 0 saturated heterocycles. The number of rotatable bonds is 3. The topological polar surface area (TPSA) is 43.8 Å². The van der Waals surface area contributed by atoms with Crippen LogP contribution in [0.25, 0.3) is 11.3 Å². The van der Waals surface area contributed by atoms with Crippen molar-refractivity contribution in [1.29, 1.82) is 0 Å². The Morgan fingerprint density at radius 3 is 2.48 bits per heavy atom. The number of nitrogens with two attached hydrogens (primary N) is 1. The fourth-order valence-electron chi connectivity index (χ4n) is 2.01. The Hall–Kier alpha value is -1.20. The Kier molecular flexibility index (Phi) is 4.13. The van der Waals surface area contributed by atoms with E-state index in [1.54, 1.807) is 16.9 Å². The number of hydrogen-bond donors (Lipinski definition) is 1. The maximum Gasteiger partial charge on any atom is 0.118 e. The molecule has 0 aliphatic rings. The van der Waals surface area contributed by atoms with E-state index in [0.29, 0.717) is 31.6 Å². The predicted molar refractivity (Wildman–Crippen MR) is 90.5 cm³/mol. The fourth-order valence-corrected chi connectivity index (χ4v) is 3.60. The van der Waals surface area contributed by atoms with E-state index in [4.69, 9.17) is 40.5 Å². The molecule has 3 nitrogen and oxygen atoms in total. The summed E-state index contributed by atoms with van der Waals surface area (Å²) in [6.07, 6.45) is 1.78. The number of benzene rings is 1. The second kappa shape index (κ2) is 5.89. The molecule has 3 aromatic rings. The number of nitrogens with zero attached hydrogens (tertiary/aromatic N) is 2. The molecular weight excluding hydrogens is 349 g/mol. The Morgan fingerprint density at radius 1 is 1.14 bits per heavy atom. The first-order chi connectivity index (χ1) is 10.0. The standard InChI is InChI=1S/C14H10Cl3N3S/c15-9-3-1-8(2-4-9)6-20-7-11(18)13(19-20)10-5-12(16)21-14(10)17/h1-5,7H,6,18H2. The molecular formula is C14H10Cl3N3S. The van der Waals surface area contributed by atoms with Crippen LogP contribution in [0, 0.1) is 0 Å². The normalized spacial score (nSPS) is 11.0. The first-order valence-electron chi connectivity index (χ1n) is 6.05. The highest BCUT2D eigenvalue weighted by Crippen LogP contribution is 2.39. The van der Waals surface area contributed by atoms with Gasteiger partial charge in [0.15, 0.2) is 0 Å². The molecule has 7 heteroatoms. The number of anilines is 1. The van der Waals surface area contributed by atoms with Gasteiger partial charge in [-0.25, -0.2) is 0 Å². The lowest BCUT2D eigenvalue weighted by Gasteiger charge is -2.01. The van der Waals surface area contributed by atoms with Gasteiger partial charge in [0.05, 0.1) is 16.6 Å². The van der Waals surface area contributed by atoms with Crippen LogP contribution in [0.1, 0.15) is 5.56 Å². The molecule has 108 valence electrons. The molecule has 2 heterocycles. The van der Waals surface area contributed by atoms with E-state index in [0.717, 1.165) is 11.1 Å². The van der Waals surface area contributed by atoms with Gasteiger partial charge in [-0.2, -0.15) is 5.10 Å². The molecule has 0 radical (unpaired) electrons. The Bertz CT molecular complexity index is 777. The molecule has 0 unspecified atom stereocenters. The third kappa shape index (κ3) is 3.19. The van der Waals surface area contributed by atoms with Crippen LogP contribution in [0.4, 0.5) is 5.69 Å². The van der Waals surface area contributed by atoms with Gasteiger partial charge in [0.25, 0.3) is 0 Å². The van der Waals surface area contributed by atoms with Crippen molar-refractivity contribution in [2.24, 2.45) is 0 Å². The lowest BCUT2D eigenvalue weighted by Crippen LogP contribution is -2.00. The van der Waals surface area contributed by atoms with E-state index in [-0.39, 0.29) is 0 Å². The van der Waals surface area contributed by atoms with E-state index >= 15 is 0 Å². The van der Waals surface area contributed by atoms with Gasteiger partial charge in [-0.1, -0.05) is 46.9 Å². The van der Waals surface area contributed by atoms with Crippen molar-refractivity contribution in [2.75, 3.05) is 5.73 Å². The number of thiophene rings is 1. The highest BCUT2D eigenvalue weighted by atomic mass is 35.5. The summed E-state index contributed by atoms with van der Waals surface area (Å²) in [6, 6.07) is 9.38. The first-order valence-corrected chi connectivity index (χ1v) is 8.00. The minimum atomic E-state index is 0.570. The zero-order chi connectivity index (χ0) is 15.0. The molecule has 1 aromatic carbocycles. The van der Waals surface area contributed by atoms with Crippen LogP contribution in [-0.4, -0.2) is 9.78 Å². The van der Waals surface area contributed by atoms with Crippen LogP contribution in [0.5, 0.6) is 0 Å². The summed E-state index contributed by atoms with van der Waals surface area (Å²) in [5, 5.41) is 5.20. The molecule has 0 saturated carbocycles. The smallest absolute Gasteiger partial charge is 0.118 e. The number of aromatic nitrogens is 2. The largest absolute Gasteiger partial charge is 0.396 e. The monoisotopic (exact) mass is 357 g/mol. The molecule has 0 amide bonds. The molecule has 21 heavy (non-hydrogen) atoms. The Labute approximate surface area is 140 Å². The zero-order valence-corrected chi connectivity index (χ0v) is 13.8. The maximum atomic E-state index is 6.15. The zero-order valence-electron chi connectivity index (χ0n) is 10.7. The predicted octanol–water partition coefficient (Wildman–Crippen LogP) is 5.20. The van der Waals surface area contributed by atoms with E-state index in [1.165, 1.54) is 11.3 Å². The van der Waals surface area contributed by atoms with Crippen molar-refractivity contribution in [1.82, 2.24) is 9.78 Å². The van der Waals surface area contributed by atoms with Crippen LogP contribution >= 0.6 is 46.1 Å². The van der Waals surface area contributed by atoms with Crippen LogP contribution in [-0.2, 0) is 6.54 Å². The number of hydrogen-bond acceptors (Lipinski definition) is 3. The van der Waals surface area contributed by atoms with Crippen molar-refractivity contribution < 1.29 is 0 Å².